The van der Waals surface area contributed by atoms with Gasteiger partial charge in [0.1, 0.15) is 0 Å². The zero-order valence-corrected chi connectivity index (χ0v) is 17.4. The number of sulfonamides is 1. The summed E-state index contributed by atoms with van der Waals surface area (Å²) in [5, 5.41) is 1.74. The Labute approximate surface area is 175 Å². The lowest BCUT2D eigenvalue weighted by molar-refractivity contribution is 0.0944. The topological polar surface area (TPSA) is 80.2 Å². The Morgan fingerprint density at radius 3 is 2.23 bits per heavy atom. The first-order valence-corrected chi connectivity index (χ1v) is 10.9. The van der Waals surface area contributed by atoms with Crippen molar-refractivity contribution in [2.75, 3.05) is 0 Å². The summed E-state index contributed by atoms with van der Waals surface area (Å²) < 4.78 is 27.3. The molecule has 7 heteroatoms. The van der Waals surface area contributed by atoms with E-state index in [0.717, 1.165) is 27.8 Å². The van der Waals surface area contributed by atoms with Crippen molar-refractivity contribution in [2.24, 2.45) is 0 Å². The number of aryl methyl sites for hydroxylation is 1. The minimum absolute atomic E-state index is 0.0799. The van der Waals surface area contributed by atoms with Gasteiger partial charge in [-0.15, -0.1) is 4.83 Å². The fraction of sp³-hybridized carbons (Fsp3) is 0.0870. The largest absolute Gasteiger partial charge is 0.318 e. The second kappa shape index (κ2) is 7.78. The van der Waals surface area contributed by atoms with Gasteiger partial charge in [0.25, 0.3) is 15.9 Å². The Hall–Kier alpha value is -3.42. The predicted molar refractivity (Wildman–Crippen MR) is 117 cm³/mol. The summed E-state index contributed by atoms with van der Waals surface area (Å²) in [5.74, 6) is -0.519. The summed E-state index contributed by atoms with van der Waals surface area (Å²) >= 11 is 0. The number of carbonyl (C=O) groups is 1. The minimum atomic E-state index is -3.91. The molecule has 0 saturated heterocycles. The molecule has 0 radical (unpaired) electrons. The van der Waals surface area contributed by atoms with Crippen LogP contribution in [-0.4, -0.2) is 18.9 Å². The molecule has 0 aliphatic rings. The number of rotatable bonds is 5. The Kier molecular flexibility index (Phi) is 5.15. The standard InChI is InChI=1S/C23H21N3O3S/c1-16-14-22(17(2)26(16)20-10-4-3-5-11-20)23(27)24-25-30(28,29)21-13-12-18-8-6-7-9-19(18)15-21/h3-15,25H,1-2H3,(H,24,27). The molecule has 0 unspecified atom stereocenters. The van der Waals surface area contributed by atoms with Crippen LogP contribution < -0.4 is 10.3 Å². The van der Waals surface area contributed by atoms with Gasteiger partial charge in [-0.1, -0.05) is 48.5 Å². The van der Waals surface area contributed by atoms with E-state index >= 15 is 0 Å². The second-order valence-electron chi connectivity index (χ2n) is 7.02. The molecule has 6 nitrogen and oxygen atoms in total. The molecule has 1 amide bonds. The van der Waals surface area contributed by atoms with Gasteiger partial charge in [-0.25, -0.2) is 8.42 Å². The number of fused-ring (bicyclic) bond motifs is 1. The van der Waals surface area contributed by atoms with Crippen LogP contribution >= 0.6 is 0 Å². The normalized spacial score (nSPS) is 11.5. The van der Waals surface area contributed by atoms with Crippen molar-refractivity contribution in [3.05, 3.63) is 95.8 Å². The highest BCUT2D eigenvalue weighted by molar-refractivity contribution is 7.89. The highest BCUT2D eigenvalue weighted by atomic mass is 32.2. The maximum absolute atomic E-state index is 12.7. The summed E-state index contributed by atoms with van der Waals surface area (Å²) in [7, 11) is -3.91. The molecule has 0 atom stereocenters. The average Bonchev–Trinajstić information content (AvgIpc) is 3.06. The van der Waals surface area contributed by atoms with Crippen molar-refractivity contribution in [3.8, 4) is 5.69 Å². The highest BCUT2D eigenvalue weighted by Gasteiger charge is 2.20. The first-order chi connectivity index (χ1) is 14.4. The minimum Gasteiger partial charge on any atom is -0.318 e. The van der Waals surface area contributed by atoms with Crippen LogP contribution in [0.5, 0.6) is 0 Å². The number of benzene rings is 3. The van der Waals surface area contributed by atoms with Crippen molar-refractivity contribution >= 4 is 26.7 Å². The molecular weight excluding hydrogens is 398 g/mol. The lowest BCUT2D eigenvalue weighted by Crippen LogP contribution is -2.41. The first-order valence-electron chi connectivity index (χ1n) is 9.42. The van der Waals surface area contributed by atoms with Crippen LogP contribution in [0.1, 0.15) is 21.7 Å². The third-order valence-electron chi connectivity index (χ3n) is 5.02. The number of nitrogens with one attached hydrogen (secondary N) is 2. The summed E-state index contributed by atoms with van der Waals surface area (Å²) in [4.78, 5) is 15.0. The second-order valence-corrected chi connectivity index (χ2v) is 8.71. The van der Waals surface area contributed by atoms with Gasteiger partial charge in [0.15, 0.2) is 0 Å². The Balaban J connectivity index is 1.55. The van der Waals surface area contributed by atoms with Gasteiger partial charge in [-0.3, -0.25) is 10.2 Å². The van der Waals surface area contributed by atoms with Crippen LogP contribution in [0.25, 0.3) is 16.5 Å². The van der Waals surface area contributed by atoms with E-state index in [1.165, 1.54) is 6.07 Å². The van der Waals surface area contributed by atoms with Crippen molar-refractivity contribution in [2.45, 2.75) is 18.7 Å². The number of hydrogen-bond donors (Lipinski definition) is 2. The average molecular weight is 420 g/mol. The van der Waals surface area contributed by atoms with E-state index in [0.29, 0.717) is 5.56 Å². The number of hydrogen-bond acceptors (Lipinski definition) is 3. The molecule has 0 aliphatic carbocycles. The van der Waals surface area contributed by atoms with Crippen LogP contribution in [0.3, 0.4) is 0 Å². The molecule has 2 N–H and O–H groups in total. The fourth-order valence-corrected chi connectivity index (χ4v) is 4.42. The van der Waals surface area contributed by atoms with Crippen molar-refractivity contribution in [3.63, 3.8) is 0 Å². The van der Waals surface area contributed by atoms with Crippen LogP contribution in [0.2, 0.25) is 0 Å². The molecule has 4 rings (SSSR count). The maximum atomic E-state index is 12.7. The lowest BCUT2D eigenvalue weighted by Gasteiger charge is -2.11. The third-order valence-corrected chi connectivity index (χ3v) is 6.27. The number of para-hydroxylation sites is 1. The number of hydrazine groups is 1. The van der Waals surface area contributed by atoms with Crippen LogP contribution in [0, 0.1) is 13.8 Å². The molecule has 3 aromatic carbocycles. The smallest absolute Gasteiger partial charge is 0.268 e. The van der Waals surface area contributed by atoms with Crippen molar-refractivity contribution in [1.82, 2.24) is 14.8 Å². The van der Waals surface area contributed by atoms with Crippen LogP contribution in [-0.2, 0) is 10.0 Å². The fourth-order valence-electron chi connectivity index (χ4n) is 3.54. The van der Waals surface area contributed by atoms with Gasteiger partial charge >= 0.3 is 0 Å². The Morgan fingerprint density at radius 1 is 0.833 bits per heavy atom. The van der Waals surface area contributed by atoms with Crippen molar-refractivity contribution < 1.29 is 13.2 Å². The van der Waals surface area contributed by atoms with E-state index in [1.54, 1.807) is 18.2 Å². The summed E-state index contributed by atoms with van der Waals surface area (Å²) in [6, 6.07) is 23.7. The molecular formula is C23H21N3O3S. The summed E-state index contributed by atoms with van der Waals surface area (Å²) in [6.07, 6.45) is 0. The molecule has 1 heterocycles. The van der Waals surface area contributed by atoms with Crippen LogP contribution in [0.15, 0.2) is 83.8 Å². The van der Waals surface area contributed by atoms with Crippen LogP contribution in [0.4, 0.5) is 0 Å². The third kappa shape index (κ3) is 3.72. The molecule has 0 aliphatic heterocycles. The molecule has 0 spiro atoms. The van der Waals surface area contributed by atoms with E-state index in [9.17, 15) is 13.2 Å². The van der Waals surface area contributed by atoms with Gasteiger partial charge in [0.05, 0.1) is 10.5 Å². The van der Waals surface area contributed by atoms with E-state index in [1.807, 2.05) is 73.0 Å². The lowest BCUT2D eigenvalue weighted by atomic mass is 10.1. The van der Waals surface area contributed by atoms with Crippen molar-refractivity contribution in [1.29, 1.82) is 0 Å². The molecule has 0 bridgehead atoms. The summed E-state index contributed by atoms with van der Waals surface area (Å²) in [5.41, 5.74) is 5.26. The highest BCUT2D eigenvalue weighted by Crippen LogP contribution is 2.21. The Bertz CT molecular complexity index is 1340. The quantitative estimate of drug-likeness (QED) is 0.482. The van der Waals surface area contributed by atoms with Gasteiger partial charge in [0.2, 0.25) is 0 Å². The number of nitrogens with zero attached hydrogens (tertiary/aromatic N) is 1. The maximum Gasteiger partial charge on any atom is 0.268 e. The van der Waals surface area contributed by atoms with E-state index in [4.69, 9.17) is 0 Å². The van der Waals surface area contributed by atoms with E-state index < -0.39 is 15.9 Å². The monoisotopic (exact) mass is 419 g/mol. The molecule has 1 aromatic heterocycles. The van der Waals surface area contributed by atoms with E-state index in [-0.39, 0.29) is 4.90 Å². The number of carbonyl (C=O) groups excluding carboxylic acids is 1. The Morgan fingerprint density at radius 2 is 1.50 bits per heavy atom. The number of amides is 1. The molecule has 4 aromatic rings. The van der Waals surface area contributed by atoms with E-state index in [2.05, 4.69) is 10.3 Å². The molecule has 152 valence electrons. The zero-order valence-electron chi connectivity index (χ0n) is 16.6. The molecule has 0 fully saturated rings. The van der Waals surface area contributed by atoms with Gasteiger partial charge in [-0.05, 0) is 55.0 Å². The van der Waals surface area contributed by atoms with Gasteiger partial charge in [-0.2, -0.15) is 0 Å². The summed E-state index contributed by atoms with van der Waals surface area (Å²) in [6.45, 7) is 3.72. The van der Waals surface area contributed by atoms with Gasteiger partial charge < -0.3 is 4.57 Å². The van der Waals surface area contributed by atoms with Gasteiger partial charge in [0, 0.05) is 17.1 Å². The number of aromatic nitrogens is 1. The first kappa shape index (κ1) is 19.9. The predicted octanol–water partition coefficient (Wildman–Crippen LogP) is 3.87. The molecule has 0 saturated carbocycles. The SMILES string of the molecule is Cc1cc(C(=O)NNS(=O)(=O)c2ccc3ccccc3c2)c(C)n1-c1ccccc1. The molecule has 30 heavy (non-hydrogen) atoms. The zero-order chi connectivity index (χ0) is 21.3.